The first-order valence-electron chi connectivity index (χ1n) is 5.51. The Bertz CT molecular complexity index is 378. The number of hydrogen-bond acceptors (Lipinski definition) is 3. The summed E-state index contributed by atoms with van der Waals surface area (Å²) in [6, 6.07) is 8.55. The maximum Gasteiger partial charge on any atom is 0.140 e. The number of amidine groups is 1. The molecular weight excluding hydrogens is 282 g/mol. The van der Waals surface area contributed by atoms with Crippen LogP contribution in [-0.2, 0) is 0 Å². The molecule has 0 radical (unpaired) electrons. The monoisotopic (exact) mass is 299 g/mol. The first kappa shape index (κ1) is 14.0. The Labute approximate surface area is 110 Å². The predicted octanol–water partition coefficient (Wildman–Crippen LogP) is 2.62. The van der Waals surface area contributed by atoms with Crippen LogP contribution in [-0.4, -0.2) is 17.1 Å². The molecule has 0 heterocycles. The Balaban J connectivity index is 2.54. The maximum absolute atomic E-state index is 8.50. The molecule has 0 bridgehead atoms. The van der Waals surface area contributed by atoms with E-state index in [2.05, 4.69) is 45.5 Å². The number of benzene rings is 1. The van der Waals surface area contributed by atoms with Gasteiger partial charge in [0.05, 0.1) is 0 Å². The molecule has 1 aromatic carbocycles. The van der Waals surface area contributed by atoms with Crippen molar-refractivity contribution in [1.29, 1.82) is 0 Å². The van der Waals surface area contributed by atoms with Gasteiger partial charge in [0, 0.05) is 23.0 Å². The van der Waals surface area contributed by atoms with E-state index in [1.165, 1.54) is 5.56 Å². The summed E-state index contributed by atoms with van der Waals surface area (Å²) in [5, 5.41) is 14.9. The lowest BCUT2D eigenvalue weighted by Crippen LogP contribution is -2.33. The second-order valence-electron chi connectivity index (χ2n) is 4.14. The minimum atomic E-state index is 0.157. The van der Waals surface area contributed by atoms with Crippen molar-refractivity contribution in [2.24, 2.45) is 10.9 Å². The molecule has 17 heavy (non-hydrogen) atoms. The normalized spacial score (nSPS) is 15.6. The Kier molecular flexibility index (Phi) is 5.44. The average Bonchev–Trinajstić information content (AvgIpc) is 2.29. The highest BCUT2D eigenvalue weighted by Gasteiger charge is 2.10. The van der Waals surface area contributed by atoms with Crippen molar-refractivity contribution in [2.45, 2.75) is 32.4 Å². The number of nitrogens with two attached hydrogens (primary N) is 1. The molecule has 5 heteroatoms. The molecule has 0 aromatic heterocycles. The van der Waals surface area contributed by atoms with Crippen LogP contribution in [0.15, 0.2) is 33.9 Å². The van der Waals surface area contributed by atoms with Crippen LogP contribution in [0.25, 0.3) is 0 Å². The molecule has 94 valence electrons. The topological polar surface area (TPSA) is 70.6 Å². The minimum Gasteiger partial charge on any atom is -0.409 e. The standard InChI is InChI=1S/C12H18BrN3O/c1-8(7-12(14)16-17)15-9(2)10-3-5-11(13)6-4-10/h3-6,8-9,15,17H,7H2,1-2H3,(H2,14,16)/t8?,9-/m1/s1. The number of halogens is 1. The van der Waals surface area contributed by atoms with Gasteiger partial charge in [-0.3, -0.25) is 0 Å². The molecule has 0 saturated heterocycles. The van der Waals surface area contributed by atoms with E-state index < -0.39 is 0 Å². The van der Waals surface area contributed by atoms with Crippen LogP contribution in [0.1, 0.15) is 31.9 Å². The Morgan fingerprint density at radius 1 is 1.41 bits per heavy atom. The Hall–Kier alpha value is -1.07. The van der Waals surface area contributed by atoms with Crippen LogP contribution in [0.4, 0.5) is 0 Å². The summed E-state index contributed by atoms with van der Waals surface area (Å²) in [5.41, 5.74) is 6.67. The Morgan fingerprint density at radius 2 is 2.00 bits per heavy atom. The third kappa shape index (κ3) is 4.75. The largest absolute Gasteiger partial charge is 0.409 e. The lowest BCUT2D eigenvalue weighted by Gasteiger charge is -2.20. The zero-order chi connectivity index (χ0) is 12.8. The SMILES string of the molecule is CC(C/C(N)=N/O)N[C@H](C)c1ccc(Br)cc1. The zero-order valence-electron chi connectivity index (χ0n) is 10.0. The highest BCUT2D eigenvalue weighted by molar-refractivity contribution is 9.10. The van der Waals surface area contributed by atoms with Gasteiger partial charge < -0.3 is 16.3 Å². The zero-order valence-corrected chi connectivity index (χ0v) is 11.6. The van der Waals surface area contributed by atoms with Crippen molar-refractivity contribution < 1.29 is 5.21 Å². The Morgan fingerprint density at radius 3 is 2.53 bits per heavy atom. The molecule has 0 aliphatic heterocycles. The number of rotatable bonds is 5. The molecule has 0 aliphatic rings. The summed E-state index contributed by atoms with van der Waals surface area (Å²) < 4.78 is 1.07. The summed E-state index contributed by atoms with van der Waals surface area (Å²) in [6.07, 6.45) is 0.525. The smallest absolute Gasteiger partial charge is 0.140 e. The molecule has 1 unspecified atom stereocenters. The molecule has 0 saturated carbocycles. The molecule has 4 N–H and O–H groups in total. The fraction of sp³-hybridized carbons (Fsp3) is 0.417. The number of nitrogens with one attached hydrogen (secondary N) is 1. The van der Waals surface area contributed by atoms with Crippen LogP contribution in [0.2, 0.25) is 0 Å². The van der Waals surface area contributed by atoms with Gasteiger partial charge in [0.1, 0.15) is 5.84 Å². The maximum atomic E-state index is 8.50. The van der Waals surface area contributed by atoms with E-state index in [1.54, 1.807) is 0 Å². The number of oxime groups is 1. The van der Waals surface area contributed by atoms with Crippen LogP contribution >= 0.6 is 15.9 Å². The third-order valence-electron chi connectivity index (χ3n) is 2.55. The van der Waals surface area contributed by atoms with E-state index in [-0.39, 0.29) is 17.9 Å². The molecule has 0 spiro atoms. The van der Waals surface area contributed by atoms with E-state index in [0.29, 0.717) is 6.42 Å². The summed E-state index contributed by atoms with van der Waals surface area (Å²) in [4.78, 5) is 0. The molecule has 2 atom stereocenters. The van der Waals surface area contributed by atoms with Gasteiger partial charge in [0.25, 0.3) is 0 Å². The van der Waals surface area contributed by atoms with Gasteiger partial charge in [-0.05, 0) is 31.5 Å². The van der Waals surface area contributed by atoms with Crippen molar-refractivity contribution in [3.63, 3.8) is 0 Å². The van der Waals surface area contributed by atoms with Crippen LogP contribution in [0.3, 0.4) is 0 Å². The van der Waals surface area contributed by atoms with Gasteiger partial charge in [0.2, 0.25) is 0 Å². The van der Waals surface area contributed by atoms with Crippen molar-refractivity contribution in [3.05, 3.63) is 34.3 Å². The fourth-order valence-corrected chi connectivity index (χ4v) is 1.95. The highest BCUT2D eigenvalue weighted by atomic mass is 79.9. The lowest BCUT2D eigenvalue weighted by atomic mass is 10.1. The highest BCUT2D eigenvalue weighted by Crippen LogP contribution is 2.17. The van der Waals surface area contributed by atoms with Gasteiger partial charge in [-0.2, -0.15) is 0 Å². The molecule has 4 nitrogen and oxygen atoms in total. The summed E-state index contributed by atoms with van der Waals surface area (Å²) >= 11 is 3.41. The van der Waals surface area contributed by atoms with Crippen molar-refractivity contribution in [1.82, 2.24) is 5.32 Å². The summed E-state index contributed by atoms with van der Waals surface area (Å²) in [7, 11) is 0. The quantitative estimate of drug-likeness (QED) is 0.339. The van der Waals surface area contributed by atoms with E-state index in [9.17, 15) is 0 Å². The molecule has 0 amide bonds. The van der Waals surface area contributed by atoms with Gasteiger partial charge in [-0.15, -0.1) is 0 Å². The lowest BCUT2D eigenvalue weighted by molar-refractivity contribution is 0.315. The molecular formula is C12H18BrN3O. The molecule has 1 aromatic rings. The number of hydrogen-bond donors (Lipinski definition) is 3. The average molecular weight is 300 g/mol. The van der Waals surface area contributed by atoms with Crippen molar-refractivity contribution >= 4 is 21.8 Å². The van der Waals surface area contributed by atoms with Gasteiger partial charge >= 0.3 is 0 Å². The van der Waals surface area contributed by atoms with Gasteiger partial charge in [0.15, 0.2) is 0 Å². The van der Waals surface area contributed by atoms with Gasteiger partial charge in [-0.25, -0.2) is 0 Å². The second-order valence-corrected chi connectivity index (χ2v) is 5.05. The predicted molar refractivity (Wildman–Crippen MR) is 73.2 cm³/mol. The van der Waals surface area contributed by atoms with Gasteiger partial charge in [-0.1, -0.05) is 33.2 Å². The van der Waals surface area contributed by atoms with E-state index in [1.807, 2.05) is 19.1 Å². The number of nitrogens with zero attached hydrogens (tertiary/aromatic N) is 1. The molecule has 0 aliphatic carbocycles. The van der Waals surface area contributed by atoms with Crippen LogP contribution < -0.4 is 11.1 Å². The fourth-order valence-electron chi connectivity index (χ4n) is 1.69. The first-order chi connectivity index (χ1) is 8.02. The first-order valence-corrected chi connectivity index (χ1v) is 6.30. The summed E-state index contributed by atoms with van der Waals surface area (Å²) in [5.74, 6) is 0.244. The molecule has 1 rings (SSSR count). The van der Waals surface area contributed by atoms with Crippen LogP contribution in [0.5, 0.6) is 0 Å². The van der Waals surface area contributed by atoms with E-state index in [4.69, 9.17) is 10.9 Å². The molecule has 0 fully saturated rings. The second kappa shape index (κ2) is 6.61. The van der Waals surface area contributed by atoms with Crippen LogP contribution in [0, 0.1) is 0 Å². The van der Waals surface area contributed by atoms with E-state index >= 15 is 0 Å². The minimum absolute atomic E-state index is 0.157. The van der Waals surface area contributed by atoms with E-state index in [0.717, 1.165) is 4.47 Å². The summed E-state index contributed by atoms with van der Waals surface area (Å²) in [6.45, 7) is 4.10. The third-order valence-corrected chi connectivity index (χ3v) is 3.08. The van der Waals surface area contributed by atoms with Crippen molar-refractivity contribution in [2.75, 3.05) is 0 Å². The van der Waals surface area contributed by atoms with Crippen molar-refractivity contribution in [3.8, 4) is 0 Å².